The van der Waals surface area contributed by atoms with E-state index in [0.717, 1.165) is 6.42 Å². The van der Waals surface area contributed by atoms with Crippen LogP contribution in [0.2, 0.25) is 0 Å². The number of carbonyl (C=O) groups is 2. The summed E-state index contributed by atoms with van der Waals surface area (Å²) in [6.45, 7) is 3.75. The van der Waals surface area contributed by atoms with E-state index in [-0.39, 0.29) is 18.8 Å². The smallest absolute Gasteiger partial charge is 0.381 e. The lowest BCUT2D eigenvalue weighted by molar-refractivity contribution is -0.389. The van der Waals surface area contributed by atoms with E-state index in [4.69, 9.17) is 5.11 Å². The number of aryl methyl sites for hydroxylation is 2. The van der Waals surface area contributed by atoms with E-state index in [1.165, 1.54) is 10.8 Å². The first-order chi connectivity index (χ1) is 10.3. The highest BCUT2D eigenvalue weighted by Gasteiger charge is 2.20. The fourth-order valence-electron chi connectivity index (χ4n) is 1.96. The van der Waals surface area contributed by atoms with Crippen LogP contribution in [0.1, 0.15) is 38.4 Å². The number of imidazole rings is 1. The Bertz CT molecular complexity index is 555. The summed E-state index contributed by atoms with van der Waals surface area (Å²) < 4.78 is 1.50. The van der Waals surface area contributed by atoms with E-state index in [9.17, 15) is 19.7 Å². The van der Waals surface area contributed by atoms with Crippen LogP contribution in [0.15, 0.2) is 6.20 Å². The highest BCUT2D eigenvalue weighted by molar-refractivity contribution is 5.83. The third-order valence-electron chi connectivity index (χ3n) is 3.21. The summed E-state index contributed by atoms with van der Waals surface area (Å²) in [5, 5.41) is 22.1. The normalized spacial score (nSPS) is 11.9. The third-order valence-corrected chi connectivity index (χ3v) is 3.21. The van der Waals surface area contributed by atoms with Crippen LogP contribution < -0.4 is 5.32 Å². The molecule has 0 fully saturated rings. The maximum Gasteiger partial charge on any atom is 0.381 e. The number of hydrogen-bond acceptors (Lipinski definition) is 5. The van der Waals surface area contributed by atoms with Gasteiger partial charge >= 0.3 is 11.8 Å². The molecule has 1 aromatic heterocycles. The Kier molecular flexibility index (Phi) is 6.48. The van der Waals surface area contributed by atoms with Gasteiger partial charge in [0.15, 0.2) is 0 Å². The molecule has 0 bridgehead atoms. The summed E-state index contributed by atoms with van der Waals surface area (Å²) in [6.07, 6.45) is 3.23. The van der Waals surface area contributed by atoms with Gasteiger partial charge in [0.1, 0.15) is 12.2 Å². The monoisotopic (exact) mass is 312 g/mol. The van der Waals surface area contributed by atoms with Gasteiger partial charge in [-0.1, -0.05) is 19.8 Å². The average Bonchev–Trinajstić information content (AvgIpc) is 2.82. The number of nitro groups is 1. The number of aliphatic carboxylic acids is 1. The minimum absolute atomic E-state index is 0.0320. The molecule has 0 aliphatic carbocycles. The Morgan fingerprint density at radius 2 is 2.23 bits per heavy atom. The predicted octanol–water partition coefficient (Wildman–Crippen LogP) is 1.25. The number of carboxylic acid groups (broad SMARTS) is 1. The Labute approximate surface area is 127 Å². The Balaban J connectivity index is 2.54. The number of rotatable bonds is 9. The number of carbonyl (C=O) groups excluding carboxylic acids is 1. The first kappa shape index (κ1) is 17.6. The van der Waals surface area contributed by atoms with E-state index in [1.807, 2.05) is 6.92 Å². The van der Waals surface area contributed by atoms with Crippen molar-refractivity contribution in [2.45, 2.75) is 52.1 Å². The lowest BCUT2D eigenvalue weighted by Crippen LogP contribution is -2.41. The number of nitrogens with zero attached hydrogens (tertiary/aromatic N) is 3. The number of hydrogen-bond donors (Lipinski definition) is 2. The van der Waals surface area contributed by atoms with Crippen LogP contribution in [0.4, 0.5) is 5.82 Å². The molecule has 122 valence electrons. The van der Waals surface area contributed by atoms with Crippen LogP contribution in [0.3, 0.4) is 0 Å². The van der Waals surface area contributed by atoms with Crippen molar-refractivity contribution < 1.29 is 19.6 Å². The lowest BCUT2D eigenvalue weighted by atomic mass is 10.1. The second-order valence-electron chi connectivity index (χ2n) is 4.95. The Hall–Kier alpha value is -2.45. The zero-order valence-corrected chi connectivity index (χ0v) is 12.6. The van der Waals surface area contributed by atoms with Gasteiger partial charge in [-0.15, -0.1) is 0 Å². The maximum absolute atomic E-state index is 11.8. The molecule has 0 spiro atoms. The van der Waals surface area contributed by atoms with Gasteiger partial charge in [-0.05, 0) is 16.3 Å². The summed E-state index contributed by atoms with van der Waals surface area (Å²) in [5.41, 5.74) is 0. The summed E-state index contributed by atoms with van der Waals surface area (Å²) >= 11 is 0. The largest absolute Gasteiger partial charge is 0.480 e. The standard InChI is InChI=1S/C13H20N4O5/c1-3-4-5-10(13(19)20)15-12(18)6-7-16-8-11(17(21)22)14-9(16)2/h8,10H,3-7H2,1-2H3,(H,15,18)(H,19,20)/t10-/m0/s1. The second kappa shape index (κ2) is 8.11. The molecule has 9 nitrogen and oxygen atoms in total. The van der Waals surface area contributed by atoms with Crippen molar-refractivity contribution in [2.75, 3.05) is 0 Å². The van der Waals surface area contributed by atoms with E-state index < -0.39 is 22.8 Å². The van der Waals surface area contributed by atoms with Gasteiger partial charge in [0, 0.05) is 19.9 Å². The number of unbranched alkanes of at least 4 members (excludes halogenated alkanes) is 1. The molecule has 0 saturated heterocycles. The molecule has 1 aromatic rings. The minimum Gasteiger partial charge on any atom is -0.480 e. The maximum atomic E-state index is 11.8. The van der Waals surface area contributed by atoms with Gasteiger partial charge in [-0.3, -0.25) is 4.79 Å². The van der Waals surface area contributed by atoms with Crippen LogP contribution in [-0.2, 0) is 16.1 Å². The first-order valence-electron chi connectivity index (χ1n) is 7.05. The number of aromatic nitrogens is 2. The van der Waals surface area contributed by atoms with Gasteiger partial charge in [-0.25, -0.2) is 4.79 Å². The van der Waals surface area contributed by atoms with Gasteiger partial charge in [0.2, 0.25) is 11.7 Å². The van der Waals surface area contributed by atoms with Crippen LogP contribution >= 0.6 is 0 Å². The van der Waals surface area contributed by atoms with Crippen LogP contribution in [0, 0.1) is 17.0 Å². The van der Waals surface area contributed by atoms with Crippen LogP contribution in [0.5, 0.6) is 0 Å². The fourth-order valence-corrected chi connectivity index (χ4v) is 1.96. The van der Waals surface area contributed by atoms with E-state index in [2.05, 4.69) is 10.3 Å². The van der Waals surface area contributed by atoms with Crippen LogP contribution in [0.25, 0.3) is 0 Å². The van der Waals surface area contributed by atoms with Crippen molar-refractivity contribution >= 4 is 17.7 Å². The third kappa shape index (κ3) is 5.15. The van der Waals surface area contributed by atoms with E-state index in [1.54, 1.807) is 6.92 Å². The number of amides is 1. The first-order valence-corrected chi connectivity index (χ1v) is 7.05. The van der Waals surface area contributed by atoms with Crippen molar-refractivity contribution in [3.63, 3.8) is 0 Å². The molecule has 9 heteroatoms. The Morgan fingerprint density at radius 1 is 1.55 bits per heavy atom. The summed E-state index contributed by atoms with van der Waals surface area (Å²) in [4.78, 5) is 36.6. The van der Waals surface area contributed by atoms with Crippen molar-refractivity contribution in [3.8, 4) is 0 Å². The predicted molar refractivity (Wildman–Crippen MR) is 77.3 cm³/mol. The molecule has 0 saturated carbocycles. The second-order valence-corrected chi connectivity index (χ2v) is 4.95. The summed E-state index contributed by atoms with van der Waals surface area (Å²) in [6, 6.07) is -0.898. The van der Waals surface area contributed by atoms with Gasteiger partial charge in [0.25, 0.3) is 0 Å². The summed E-state index contributed by atoms with van der Waals surface area (Å²) in [7, 11) is 0. The molecule has 22 heavy (non-hydrogen) atoms. The zero-order chi connectivity index (χ0) is 16.7. The van der Waals surface area contributed by atoms with Crippen molar-refractivity contribution in [1.82, 2.24) is 14.9 Å². The highest BCUT2D eigenvalue weighted by atomic mass is 16.6. The van der Waals surface area contributed by atoms with Crippen LogP contribution in [-0.4, -0.2) is 37.5 Å². The molecule has 0 unspecified atom stereocenters. The molecule has 0 aromatic carbocycles. The fraction of sp³-hybridized carbons (Fsp3) is 0.615. The molecule has 1 rings (SSSR count). The van der Waals surface area contributed by atoms with Crippen molar-refractivity contribution in [1.29, 1.82) is 0 Å². The average molecular weight is 312 g/mol. The van der Waals surface area contributed by atoms with Gasteiger partial charge in [0.05, 0.1) is 0 Å². The van der Waals surface area contributed by atoms with Crippen molar-refractivity contribution in [3.05, 3.63) is 22.1 Å². The summed E-state index contributed by atoms with van der Waals surface area (Å²) in [5.74, 6) is -1.31. The number of carboxylic acids is 1. The minimum atomic E-state index is -1.06. The van der Waals surface area contributed by atoms with Gasteiger partial charge < -0.3 is 25.1 Å². The van der Waals surface area contributed by atoms with E-state index >= 15 is 0 Å². The zero-order valence-electron chi connectivity index (χ0n) is 12.6. The SMILES string of the molecule is CCCC[C@H](NC(=O)CCn1cc([N+](=O)[O-])nc1C)C(=O)O. The van der Waals surface area contributed by atoms with Gasteiger partial charge in [-0.2, -0.15) is 0 Å². The number of nitrogens with one attached hydrogen (secondary N) is 1. The lowest BCUT2D eigenvalue weighted by Gasteiger charge is -2.14. The molecular formula is C13H20N4O5. The molecule has 0 radical (unpaired) electrons. The highest BCUT2D eigenvalue weighted by Crippen LogP contribution is 2.11. The molecule has 0 aliphatic rings. The molecular weight excluding hydrogens is 292 g/mol. The van der Waals surface area contributed by atoms with Crippen molar-refractivity contribution in [2.24, 2.45) is 0 Å². The van der Waals surface area contributed by atoms with E-state index in [0.29, 0.717) is 18.7 Å². The quantitative estimate of drug-likeness (QED) is 0.521. The molecule has 1 heterocycles. The molecule has 1 amide bonds. The topological polar surface area (TPSA) is 127 Å². The Morgan fingerprint density at radius 3 is 2.73 bits per heavy atom. The molecule has 0 aliphatic heterocycles. The molecule has 2 N–H and O–H groups in total. The molecule has 1 atom stereocenters.